The zero-order chi connectivity index (χ0) is 23.1. The molecule has 3 aromatic rings. The van der Waals surface area contributed by atoms with Crippen molar-refractivity contribution < 1.29 is 27.5 Å². The summed E-state index contributed by atoms with van der Waals surface area (Å²) in [5, 5.41) is 2.21. The van der Waals surface area contributed by atoms with Crippen LogP contribution in [-0.4, -0.2) is 18.0 Å². The molecule has 9 heteroatoms. The molecule has 0 spiro atoms. The van der Waals surface area contributed by atoms with E-state index in [1.807, 2.05) is 42.5 Å². The van der Waals surface area contributed by atoms with Crippen LogP contribution in [-0.2, 0) is 11.0 Å². The second-order valence-electron chi connectivity index (χ2n) is 6.80. The van der Waals surface area contributed by atoms with E-state index in [1.165, 1.54) is 13.0 Å². The molecule has 0 aliphatic heterocycles. The van der Waals surface area contributed by atoms with E-state index in [-0.39, 0.29) is 5.69 Å². The summed E-state index contributed by atoms with van der Waals surface area (Å²) < 4.78 is 43.8. The van der Waals surface area contributed by atoms with Crippen molar-refractivity contribution in [2.24, 2.45) is 0 Å². The number of hydrogen-bond donors (Lipinski definition) is 3. The molecule has 0 saturated heterocycles. The average Bonchev–Trinajstić information content (AvgIpc) is 2.78. The molecule has 6 nitrogen and oxygen atoms in total. The number of rotatable bonds is 5. The van der Waals surface area contributed by atoms with Gasteiger partial charge in [0.05, 0.1) is 5.56 Å². The zero-order valence-corrected chi connectivity index (χ0v) is 16.9. The van der Waals surface area contributed by atoms with Crippen molar-refractivity contribution in [2.75, 3.05) is 5.32 Å². The number of carbonyl (C=O) groups is 2. The van der Waals surface area contributed by atoms with Crippen LogP contribution < -0.4 is 20.9 Å². The fourth-order valence-electron chi connectivity index (χ4n) is 2.77. The van der Waals surface area contributed by atoms with Gasteiger partial charge in [0.25, 0.3) is 5.91 Å². The molecule has 1 unspecified atom stereocenters. The Bertz CT molecular complexity index is 1070. The highest BCUT2D eigenvalue weighted by Crippen LogP contribution is 2.30. The Morgan fingerprint density at radius 3 is 2.16 bits per heavy atom. The Hall–Kier alpha value is -4.01. The van der Waals surface area contributed by atoms with Crippen molar-refractivity contribution in [3.8, 4) is 16.9 Å². The lowest BCUT2D eigenvalue weighted by atomic mass is 10.1. The molecule has 0 heterocycles. The number of hydrazine groups is 1. The van der Waals surface area contributed by atoms with Gasteiger partial charge in [0.1, 0.15) is 5.75 Å². The van der Waals surface area contributed by atoms with E-state index >= 15 is 0 Å². The molecule has 0 fully saturated rings. The molecule has 32 heavy (non-hydrogen) atoms. The van der Waals surface area contributed by atoms with Gasteiger partial charge in [-0.1, -0.05) is 48.5 Å². The number of urea groups is 1. The van der Waals surface area contributed by atoms with Gasteiger partial charge in [-0.3, -0.25) is 10.2 Å². The van der Waals surface area contributed by atoms with Crippen molar-refractivity contribution in [3.63, 3.8) is 0 Å². The Morgan fingerprint density at radius 2 is 1.50 bits per heavy atom. The first kappa shape index (κ1) is 22.7. The van der Waals surface area contributed by atoms with Gasteiger partial charge in [-0.15, -0.1) is 0 Å². The van der Waals surface area contributed by atoms with Crippen LogP contribution in [0.2, 0.25) is 0 Å². The number of carbonyl (C=O) groups excluding carboxylic acids is 2. The molecular weight excluding hydrogens is 423 g/mol. The largest absolute Gasteiger partial charge is 0.481 e. The average molecular weight is 443 g/mol. The standard InChI is InChI=1S/C23H20F3N3O3/c1-15(32-20-12-10-17(11-13-20)16-6-3-2-4-7-16)21(30)28-29-22(31)27-19-9-5-8-18(14-19)23(24,25)26/h2-15H,1H3,(H,28,30)(H2,27,29,31). The Balaban J connectivity index is 1.49. The summed E-state index contributed by atoms with van der Waals surface area (Å²) in [6.45, 7) is 1.49. The van der Waals surface area contributed by atoms with Crippen LogP contribution in [0.3, 0.4) is 0 Å². The third kappa shape index (κ3) is 6.24. The maximum atomic E-state index is 12.7. The minimum atomic E-state index is -4.53. The second kappa shape index (κ2) is 9.86. The predicted molar refractivity (Wildman–Crippen MR) is 114 cm³/mol. The highest BCUT2D eigenvalue weighted by molar-refractivity contribution is 5.91. The van der Waals surface area contributed by atoms with Crippen molar-refractivity contribution >= 4 is 17.6 Å². The quantitative estimate of drug-likeness (QED) is 0.486. The molecule has 3 amide bonds. The maximum Gasteiger partial charge on any atom is 0.416 e. The number of hydrogen-bond acceptors (Lipinski definition) is 3. The van der Waals surface area contributed by atoms with Crippen LogP contribution >= 0.6 is 0 Å². The Labute approximate surface area is 182 Å². The summed E-state index contributed by atoms with van der Waals surface area (Å²) in [6.07, 6.45) is -5.47. The molecule has 0 aliphatic carbocycles. The fourth-order valence-corrected chi connectivity index (χ4v) is 2.77. The molecule has 3 aromatic carbocycles. The van der Waals surface area contributed by atoms with E-state index in [9.17, 15) is 22.8 Å². The Morgan fingerprint density at radius 1 is 0.844 bits per heavy atom. The third-order valence-corrected chi connectivity index (χ3v) is 4.39. The molecule has 0 saturated carbocycles. The van der Waals surface area contributed by atoms with Crippen LogP contribution in [0.4, 0.5) is 23.7 Å². The fraction of sp³-hybridized carbons (Fsp3) is 0.130. The summed E-state index contributed by atoms with van der Waals surface area (Å²) in [5.41, 5.74) is 5.29. The lowest BCUT2D eigenvalue weighted by Crippen LogP contribution is -2.48. The topological polar surface area (TPSA) is 79.5 Å². The number of anilines is 1. The number of amides is 3. The number of benzene rings is 3. The van der Waals surface area contributed by atoms with Crippen LogP contribution in [0.5, 0.6) is 5.75 Å². The van der Waals surface area contributed by atoms with Crippen LogP contribution in [0.15, 0.2) is 78.9 Å². The van der Waals surface area contributed by atoms with Crippen molar-refractivity contribution in [3.05, 3.63) is 84.4 Å². The van der Waals surface area contributed by atoms with Crippen LogP contribution in [0.25, 0.3) is 11.1 Å². The van der Waals surface area contributed by atoms with E-state index in [4.69, 9.17) is 4.74 Å². The van der Waals surface area contributed by atoms with Gasteiger partial charge >= 0.3 is 12.2 Å². The third-order valence-electron chi connectivity index (χ3n) is 4.39. The van der Waals surface area contributed by atoms with E-state index in [0.29, 0.717) is 5.75 Å². The Kier molecular flexibility index (Phi) is 6.99. The molecule has 0 radical (unpaired) electrons. The number of nitrogens with one attached hydrogen (secondary N) is 3. The molecule has 1 atom stereocenters. The number of alkyl halides is 3. The molecule has 166 valence electrons. The minimum absolute atomic E-state index is 0.0746. The normalized spacial score (nSPS) is 11.9. The van der Waals surface area contributed by atoms with Gasteiger partial charge in [-0.2, -0.15) is 13.2 Å². The maximum absolute atomic E-state index is 12.7. The van der Waals surface area contributed by atoms with E-state index < -0.39 is 29.8 Å². The summed E-state index contributed by atoms with van der Waals surface area (Å²) >= 11 is 0. The van der Waals surface area contributed by atoms with Crippen molar-refractivity contribution in [1.82, 2.24) is 10.9 Å². The first-order valence-electron chi connectivity index (χ1n) is 9.58. The SMILES string of the molecule is CC(Oc1ccc(-c2ccccc2)cc1)C(=O)NNC(=O)Nc1cccc(C(F)(F)F)c1. The highest BCUT2D eigenvalue weighted by Gasteiger charge is 2.30. The highest BCUT2D eigenvalue weighted by atomic mass is 19.4. The first-order valence-corrected chi connectivity index (χ1v) is 9.58. The van der Waals surface area contributed by atoms with Gasteiger partial charge in [0.2, 0.25) is 0 Å². The minimum Gasteiger partial charge on any atom is -0.481 e. The predicted octanol–water partition coefficient (Wildman–Crippen LogP) is 4.99. The van der Waals surface area contributed by atoms with Gasteiger partial charge in [-0.25, -0.2) is 10.2 Å². The molecule has 3 N–H and O–H groups in total. The lowest BCUT2D eigenvalue weighted by Gasteiger charge is -2.16. The van der Waals surface area contributed by atoms with Gasteiger partial charge in [0.15, 0.2) is 6.10 Å². The zero-order valence-electron chi connectivity index (χ0n) is 16.9. The van der Waals surface area contributed by atoms with Gasteiger partial charge in [0, 0.05) is 5.69 Å². The number of halogens is 3. The summed E-state index contributed by atoms with van der Waals surface area (Å²) in [4.78, 5) is 24.0. The van der Waals surface area contributed by atoms with E-state index in [2.05, 4.69) is 16.2 Å². The smallest absolute Gasteiger partial charge is 0.416 e. The molecule has 0 bridgehead atoms. The summed E-state index contributed by atoms with van der Waals surface area (Å²) in [5.74, 6) is -0.183. The second-order valence-corrected chi connectivity index (χ2v) is 6.80. The number of ether oxygens (including phenoxy) is 1. The summed E-state index contributed by atoms with van der Waals surface area (Å²) in [7, 11) is 0. The molecule has 0 aliphatic rings. The first-order chi connectivity index (χ1) is 15.2. The molecule has 3 rings (SSSR count). The molecule has 0 aromatic heterocycles. The van der Waals surface area contributed by atoms with Crippen LogP contribution in [0, 0.1) is 0 Å². The lowest BCUT2D eigenvalue weighted by molar-refractivity contribution is -0.137. The monoisotopic (exact) mass is 443 g/mol. The van der Waals surface area contributed by atoms with Crippen molar-refractivity contribution in [1.29, 1.82) is 0 Å². The van der Waals surface area contributed by atoms with E-state index in [0.717, 1.165) is 29.3 Å². The van der Waals surface area contributed by atoms with Gasteiger partial charge in [-0.05, 0) is 48.4 Å². The molecular formula is C23H20F3N3O3. The van der Waals surface area contributed by atoms with Gasteiger partial charge < -0.3 is 10.1 Å². The van der Waals surface area contributed by atoms with Crippen molar-refractivity contribution in [2.45, 2.75) is 19.2 Å². The summed E-state index contributed by atoms with van der Waals surface area (Å²) in [6, 6.07) is 20.1. The van der Waals surface area contributed by atoms with Crippen LogP contribution in [0.1, 0.15) is 12.5 Å². The van der Waals surface area contributed by atoms with E-state index in [1.54, 1.807) is 12.1 Å².